The summed E-state index contributed by atoms with van der Waals surface area (Å²) in [7, 11) is 1.77. The fourth-order valence-electron chi connectivity index (χ4n) is 6.59. The molecule has 2 heterocycles. The molecule has 3 atom stereocenters. The van der Waals surface area contributed by atoms with Gasteiger partial charge in [0.2, 0.25) is 18.2 Å². The van der Waals surface area contributed by atoms with Gasteiger partial charge in [0.15, 0.2) is 0 Å². The van der Waals surface area contributed by atoms with Crippen LogP contribution in [0.1, 0.15) is 76.1 Å². The number of pyridine rings is 1. The first-order chi connectivity index (χ1) is 18.5. The normalized spacial score (nSPS) is 24.6. The number of nitrogens with zero attached hydrogens (tertiary/aromatic N) is 4. The van der Waals surface area contributed by atoms with Gasteiger partial charge in [-0.2, -0.15) is 0 Å². The lowest BCUT2D eigenvalue weighted by Crippen LogP contribution is -2.59. The number of hydrogen-bond acceptors (Lipinski definition) is 6. The van der Waals surface area contributed by atoms with Crippen molar-refractivity contribution in [1.82, 2.24) is 25.2 Å². The number of amides is 4. The average Bonchev–Trinajstić information content (AvgIpc) is 3.39. The van der Waals surface area contributed by atoms with Crippen molar-refractivity contribution < 1.29 is 24.4 Å². The fraction of sp³-hybridized carbons (Fsp3) is 0.690. The van der Waals surface area contributed by atoms with E-state index in [1.54, 1.807) is 41.4 Å². The highest BCUT2D eigenvalue weighted by molar-refractivity contribution is 5.94. The van der Waals surface area contributed by atoms with Gasteiger partial charge in [-0.05, 0) is 48.6 Å². The van der Waals surface area contributed by atoms with Crippen LogP contribution in [-0.2, 0) is 14.4 Å². The number of carbonyl (C=O) groups excluding carboxylic acids is 4. The van der Waals surface area contributed by atoms with Crippen molar-refractivity contribution in [3.05, 3.63) is 30.1 Å². The Hall–Kier alpha value is -3.01. The molecular weight excluding hydrogens is 498 g/mol. The van der Waals surface area contributed by atoms with Crippen molar-refractivity contribution in [1.29, 1.82) is 0 Å². The predicted molar refractivity (Wildman–Crippen MR) is 144 cm³/mol. The van der Waals surface area contributed by atoms with Crippen LogP contribution in [0.25, 0.3) is 0 Å². The molecule has 39 heavy (non-hydrogen) atoms. The Morgan fingerprint density at radius 3 is 2.33 bits per heavy atom. The molecule has 1 aromatic heterocycles. The lowest BCUT2D eigenvalue weighted by Gasteiger charge is -2.40. The van der Waals surface area contributed by atoms with E-state index in [-0.39, 0.29) is 36.2 Å². The summed E-state index contributed by atoms with van der Waals surface area (Å²) in [5.74, 6) is 0.0380. The lowest BCUT2D eigenvalue weighted by molar-refractivity contribution is -0.157. The maximum atomic E-state index is 13.8. The molecule has 0 spiro atoms. The number of piperidine rings is 1. The van der Waals surface area contributed by atoms with Gasteiger partial charge in [-0.3, -0.25) is 29.4 Å². The summed E-state index contributed by atoms with van der Waals surface area (Å²) in [5, 5.41) is 13.6. The van der Waals surface area contributed by atoms with Gasteiger partial charge in [-0.15, -0.1) is 0 Å². The predicted octanol–water partition coefficient (Wildman–Crippen LogP) is 2.72. The molecule has 214 valence electrons. The van der Waals surface area contributed by atoms with Gasteiger partial charge in [0.05, 0.1) is 12.0 Å². The van der Waals surface area contributed by atoms with E-state index in [4.69, 9.17) is 0 Å². The Morgan fingerprint density at radius 1 is 1.15 bits per heavy atom. The Morgan fingerprint density at radius 2 is 1.77 bits per heavy atom. The molecule has 4 amide bonds. The van der Waals surface area contributed by atoms with Crippen LogP contribution in [0.4, 0.5) is 0 Å². The largest absolute Gasteiger partial charge is 0.343 e. The van der Waals surface area contributed by atoms with Crippen molar-refractivity contribution in [2.24, 2.45) is 22.7 Å². The fourth-order valence-corrected chi connectivity index (χ4v) is 6.59. The van der Waals surface area contributed by atoms with Crippen molar-refractivity contribution in [3.63, 3.8) is 0 Å². The maximum absolute atomic E-state index is 13.8. The van der Waals surface area contributed by atoms with E-state index in [1.807, 2.05) is 20.8 Å². The van der Waals surface area contributed by atoms with Crippen molar-refractivity contribution in [2.45, 2.75) is 77.8 Å². The highest BCUT2D eigenvalue weighted by atomic mass is 16.5. The first kappa shape index (κ1) is 29.0. The van der Waals surface area contributed by atoms with E-state index in [0.717, 1.165) is 25.7 Å². The smallest absolute Gasteiger partial charge is 0.253 e. The minimum atomic E-state index is -0.869. The van der Waals surface area contributed by atoms with Gasteiger partial charge in [-0.25, -0.2) is 5.06 Å². The minimum absolute atomic E-state index is 0.0375. The van der Waals surface area contributed by atoms with Crippen LogP contribution in [0.15, 0.2) is 24.5 Å². The molecule has 4 rings (SSSR count). The first-order valence-electron chi connectivity index (χ1n) is 14.2. The molecule has 10 nitrogen and oxygen atoms in total. The third kappa shape index (κ3) is 6.26. The van der Waals surface area contributed by atoms with E-state index in [2.05, 4.69) is 10.3 Å². The third-order valence-electron chi connectivity index (χ3n) is 9.08. The van der Waals surface area contributed by atoms with E-state index < -0.39 is 16.9 Å². The molecule has 1 unspecified atom stereocenters. The van der Waals surface area contributed by atoms with Gasteiger partial charge in [0.25, 0.3) is 5.91 Å². The van der Waals surface area contributed by atoms with Crippen molar-refractivity contribution >= 4 is 24.1 Å². The first-order valence-corrected chi connectivity index (χ1v) is 14.2. The van der Waals surface area contributed by atoms with E-state index in [1.165, 1.54) is 0 Å². The van der Waals surface area contributed by atoms with Crippen LogP contribution in [0.2, 0.25) is 0 Å². The number of hydrogen-bond donors (Lipinski definition) is 2. The summed E-state index contributed by atoms with van der Waals surface area (Å²) in [4.78, 5) is 59.1. The van der Waals surface area contributed by atoms with Gasteiger partial charge in [0, 0.05) is 44.1 Å². The van der Waals surface area contributed by atoms with Gasteiger partial charge >= 0.3 is 0 Å². The Labute approximate surface area is 231 Å². The molecule has 2 N–H and O–H groups in total. The van der Waals surface area contributed by atoms with Gasteiger partial charge in [-0.1, -0.05) is 46.5 Å². The standard InChI is InChI=1S/C29H43N5O5/c1-28(2,3)24(31-27(38)29(18-34(39)19-35)17-23(29)20-7-5-6-8-20)26(37)32(4)22-11-15-33(16-12-22)25(36)21-9-13-30-14-10-21/h9-10,13-14,19-20,22-24,39H,5-8,11-12,15-18H2,1-4H3,(H,31,38)/t23?,24-,29-/m1/s1. The molecule has 3 fully saturated rings. The molecule has 1 saturated heterocycles. The zero-order valence-electron chi connectivity index (χ0n) is 23.6. The van der Waals surface area contributed by atoms with Crippen LogP contribution in [0, 0.1) is 22.7 Å². The number of aromatic nitrogens is 1. The zero-order valence-corrected chi connectivity index (χ0v) is 23.6. The van der Waals surface area contributed by atoms with Crippen molar-refractivity contribution in [3.8, 4) is 0 Å². The van der Waals surface area contributed by atoms with Crippen molar-refractivity contribution in [2.75, 3.05) is 26.7 Å². The lowest BCUT2D eigenvalue weighted by atomic mass is 9.84. The van der Waals surface area contributed by atoms with Crippen LogP contribution in [0.3, 0.4) is 0 Å². The summed E-state index contributed by atoms with van der Waals surface area (Å²) in [6.07, 6.45) is 9.83. The number of nitrogens with one attached hydrogen (secondary N) is 1. The highest BCUT2D eigenvalue weighted by Gasteiger charge is 2.63. The maximum Gasteiger partial charge on any atom is 0.253 e. The molecule has 2 saturated carbocycles. The quantitative estimate of drug-likeness (QED) is 0.282. The monoisotopic (exact) mass is 541 g/mol. The SMILES string of the molecule is CN(C(=O)[C@@H](NC(=O)[C@@]1(CN(O)C=O)CC1C1CCCC1)C(C)(C)C)C1CCN(C(=O)c2ccncc2)CC1. The molecule has 0 radical (unpaired) electrons. The molecule has 2 aliphatic carbocycles. The van der Waals surface area contributed by atoms with Gasteiger partial charge < -0.3 is 15.1 Å². The van der Waals surface area contributed by atoms with Crippen LogP contribution in [0.5, 0.6) is 0 Å². The molecule has 10 heteroatoms. The number of hydroxylamine groups is 2. The highest BCUT2D eigenvalue weighted by Crippen LogP contribution is 2.60. The second-order valence-corrected chi connectivity index (χ2v) is 12.7. The van der Waals surface area contributed by atoms with Crippen LogP contribution >= 0.6 is 0 Å². The van der Waals surface area contributed by atoms with E-state index in [9.17, 15) is 24.4 Å². The molecule has 1 aliphatic heterocycles. The zero-order chi connectivity index (χ0) is 28.4. The molecule has 3 aliphatic rings. The Balaban J connectivity index is 1.42. The number of rotatable bonds is 9. The molecule has 0 bridgehead atoms. The summed E-state index contributed by atoms with van der Waals surface area (Å²) in [6, 6.07) is 2.59. The second-order valence-electron chi connectivity index (χ2n) is 12.7. The van der Waals surface area contributed by atoms with Gasteiger partial charge in [0.1, 0.15) is 6.04 Å². The molecule has 1 aromatic rings. The number of likely N-dealkylation sites (N-methyl/N-ethyl adjacent to an activating group) is 1. The van der Waals surface area contributed by atoms with Crippen LogP contribution < -0.4 is 5.32 Å². The summed E-state index contributed by atoms with van der Waals surface area (Å²) >= 11 is 0. The van der Waals surface area contributed by atoms with E-state index in [0.29, 0.717) is 55.3 Å². The average molecular weight is 542 g/mol. The summed E-state index contributed by atoms with van der Waals surface area (Å²) in [6.45, 7) is 6.81. The van der Waals surface area contributed by atoms with E-state index >= 15 is 0 Å². The molecule has 0 aromatic carbocycles. The second kappa shape index (κ2) is 11.6. The summed E-state index contributed by atoms with van der Waals surface area (Å²) in [5.41, 5.74) is -0.822. The van der Waals surface area contributed by atoms with Crippen LogP contribution in [-0.4, -0.2) is 88.0 Å². The number of likely N-dealkylation sites (tertiary alicyclic amines) is 1. The minimum Gasteiger partial charge on any atom is -0.343 e. The Bertz CT molecular complexity index is 1050. The Kier molecular flexibility index (Phi) is 8.63. The molecular formula is C29H43N5O5. The summed E-state index contributed by atoms with van der Waals surface area (Å²) < 4.78 is 0. The topological polar surface area (TPSA) is 123 Å². The third-order valence-corrected chi connectivity index (χ3v) is 9.08. The number of carbonyl (C=O) groups is 4.